The van der Waals surface area contributed by atoms with Crippen molar-refractivity contribution in [2.24, 2.45) is 0 Å². The Morgan fingerprint density at radius 3 is 1.71 bits per heavy atom. The third kappa shape index (κ3) is 3.41. The van der Waals surface area contributed by atoms with E-state index in [2.05, 4.69) is 37.3 Å². The highest BCUT2D eigenvalue weighted by molar-refractivity contribution is 5.85. The molecule has 0 saturated carbocycles. The van der Waals surface area contributed by atoms with Crippen LogP contribution in [-0.4, -0.2) is 4.57 Å². The molecule has 0 bridgehead atoms. The summed E-state index contributed by atoms with van der Waals surface area (Å²) in [6.45, 7) is 2.80. The van der Waals surface area contributed by atoms with Crippen LogP contribution in [0.25, 0.3) is 33.5 Å². The Kier molecular flexibility index (Phi) is 5.20. The molecule has 0 atom stereocenters. The van der Waals surface area contributed by atoms with Crippen LogP contribution < -0.4 is 5.56 Å². The first kappa shape index (κ1) is 18.0. The summed E-state index contributed by atoms with van der Waals surface area (Å²) in [5.74, 6) is 0. The maximum absolute atomic E-state index is 13.7. The van der Waals surface area contributed by atoms with E-state index in [1.807, 2.05) is 71.3 Å². The highest BCUT2D eigenvalue weighted by atomic mass is 16.1. The smallest absolute Gasteiger partial charge is 0.259 e. The van der Waals surface area contributed by atoms with Crippen molar-refractivity contribution in [2.75, 3.05) is 0 Å². The molecule has 0 unspecified atom stereocenters. The first-order chi connectivity index (χ1) is 13.8. The van der Waals surface area contributed by atoms with Gasteiger partial charge in [-0.05, 0) is 34.7 Å². The largest absolute Gasteiger partial charge is 0.308 e. The number of rotatable bonds is 5. The van der Waals surface area contributed by atoms with Crippen molar-refractivity contribution in [1.29, 1.82) is 0 Å². The molecule has 1 heterocycles. The van der Waals surface area contributed by atoms with Gasteiger partial charge in [0.25, 0.3) is 5.56 Å². The van der Waals surface area contributed by atoms with Gasteiger partial charge in [0.2, 0.25) is 0 Å². The van der Waals surface area contributed by atoms with Crippen LogP contribution in [0, 0.1) is 0 Å². The summed E-state index contributed by atoms with van der Waals surface area (Å²) in [5.41, 5.74) is 5.84. The molecule has 1 aromatic heterocycles. The van der Waals surface area contributed by atoms with E-state index in [4.69, 9.17) is 0 Å². The minimum atomic E-state index is 0.0632. The zero-order valence-electron chi connectivity index (χ0n) is 16.0. The van der Waals surface area contributed by atoms with Gasteiger partial charge in [-0.1, -0.05) is 97.9 Å². The maximum atomic E-state index is 13.7. The second-order valence-electron chi connectivity index (χ2n) is 6.87. The van der Waals surface area contributed by atoms with Crippen LogP contribution in [0.4, 0.5) is 0 Å². The van der Waals surface area contributed by atoms with Crippen LogP contribution in [0.3, 0.4) is 0 Å². The Morgan fingerprint density at radius 2 is 1.18 bits per heavy atom. The zero-order valence-corrected chi connectivity index (χ0v) is 16.0. The molecule has 0 aliphatic carbocycles. The van der Waals surface area contributed by atoms with Crippen LogP contribution in [0.15, 0.2) is 102 Å². The van der Waals surface area contributed by atoms with Crippen molar-refractivity contribution in [1.82, 2.24) is 4.57 Å². The lowest BCUT2D eigenvalue weighted by molar-refractivity contribution is 0.663. The Bertz CT molecular complexity index is 1110. The number of hydrogen-bond donors (Lipinski definition) is 0. The predicted octanol–water partition coefficient (Wildman–Crippen LogP) is 6.26. The molecule has 138 valence electrons. The van der Waals surface area contributed by atoms with E-state index in [1.165, 1.54) is 0 Å². The highest BCUT2D eigenvalue weighted by Gasteiger charge is 2.18. The van der Waals surface area contributed by atoms with Gasteiger partial charge in [0.1, 0.15) is 0 Å². The topological polar surface area (TPSA) is 22.0 Å². The fourth-order valence-electron chi connectivity index (χ4n) is 3.67. The number of aromatic nitrogens is 1. The predicted molar refractivity (Wildman–Crippen MR) is 117 cm³/mol. The molecule has 0 saturated heterocycles. The quantitative estimate of drug-likeness (QED) is 0.409. The lowest BCUT2D eigenvalue weighted by atomic mass is 9.94. The third-order valence-corrected chi connectivity index (χ3v) is 4.96. The molecule has 0 aliphatic rings. The molecule has 0 spiro atoms. The van der Waals surface area contributed by atoms with Crippen LogP contribution >= 0.6 is 0 Å². The zero-order chi connectivity index (χ0) is 19.3. The summed E-state index contributed by atoms with van der Waals surface area (Å²) < 4.78 is 1.92. The van der Waals surface area contributed by atoms with E-state index in [-0.39, 0.29) is 5.56 Å². The van der Waals surface area contributed by atoms with Gasteiger partial charge < -0.3 is 4.57 Å². The van der Waals surface area contributed by atoms with Crippen molar-refractivity contribution in [3.05, 3.63) is 107 Å². The highest BCUT2D eigenvalue weighted by Crippen LogP contribution is 2.33. The molecule has 0 radical (unpaired) electrons. The normalized spacial score (nSPS) is 10.8. The molecule has 28 heavy (non-hydrogen) atoms. The average Bonchev–Trinajstić information content (AvgIpc) is 2.77. The van der Waals surface area contributed by atoms with E-state index in [9.17, 15) is 4.79 Å². The van der Waals surface area contributed by atoms with Crippen molar-refractivity contribution in [2.45, 2.75) is 19.9 Å². The van der Waals surface area contributed by atoms with E-state index in [0.29, 0.717) is 6.54 Å². The second kappa shape index (κ2) is 8.10. The van der Waals surface area contributed by atoms with Gasteiger partial charge in [-0.15, -0.1) is 0 Å². The summed E-state index contributed by atoms with van der Waals surface area (Å²) >= 11 is 0. The number of hydrogen-bond acceptors (Lipinski definition) is 1. The maximum Gasteiger partial charge on any atom is 0.259 e. The lowest BCUT2D eigenvalue weighted by Gasteiger charge is -2.18. The van der Waals surface area contributed by atoms with Gasteiger partial charge in [0.05, 0.1) is 11.3 Å². The van der Waals surface area contributed by atoms with Crippen molar-refractivity contribution in [3.8, 4) is 33.5 Å². The fourth-order valence-corrected chi connectivity index (χ4v) is 3.67. The molecule has 2 nitrogen and oxygen atoms in total. The Morgan fingerprint density at radius 1 is 0.679 bits per heavy atom. The summed E-state index contributed by atoms with van der Waals surface area (Å²) in [6.07, 6.45) is 0.901. The molecule has 0 fully saturated rings. The van der Waals surface area contributed by atoms with Gasteiger partial charge in [-0.3, -0.25) is 4.79 Å². The first-order valence-electron chi connectivity index (χ1n) is 9.73. The third-order valence-electron chi connectivity index (χ3n) is 4.96. The molecule has 0 amide bonds. The monoisotopic (exact) mass is 365 g/mol. The average molecular weight is 365 g/mol. The van der Waals surface area contributed by atoms with E-state index >= 15 is 0 Å². The van der Waals surface area contributed by atoms with Crippen LogP contribution in [-0.2, 0) is 6.54 Å². The minimum absolute atomic E-state index is 0.0632. The van der Waals surface area contributed by atoms with E-state index in [0.717, 1.165) is 39.9 Å². The van der Waals surface area contributed by atoms with Crippen LogP contribution in [0.2, 0.25) is 0 Å². The SMILES string of the molecule is CCCn1c(-c2ccccc2)cc(-c2ccccc2)c(-c2ccccc2)c1=O. The standard InChI is InChI=1S/C26H23NO/c1-2-18-27-24(21-14-8-4-9-15-21)19-23(20-12-6-3-7-13-20)25(26(27)28)22-16-10-5-11-17-22/h3-17,19H,2,18H2,1H3. The van der Waals surface area contributed by atoms with E-state index < -0.39 is 0 Å². The molecule has 0 aliphatic heterocycles. The fraction of sp³-hybridized carbons (Fsp3) is 0.115. The molecule has 4 aromatic rings. The van der Waals surface area contributed by atoms with Crippen LogP contribution in [0.5, 0.6) is 0 Å². The summed E-state index contributed by atoms with van der Waals surface area (Å²) in [6, 6.07) is 32.5. The number of benzene rings is 3. The lowest BCUT2D eigenvalue weighted by Crippen LogP contribution is -2.24. The Labute approximate surface area is 165 Å². The Hall–Kier alpha value is -3.39. The molecular formula is C26H23NO. The van der Waals surface area contributed by atoms with Gasteiger partial charge in [-0.2, -0.15) is 0 Å². The van der Waals surface area contributed by atoms with Crippen molar-refractivity contribution >= 4 is 0 Å². The number of pyridine rings is 1. The van der Waals surface area contributed by atoms with Gasteiger partial charge >= 0.3 is 0 Å². The van der Waals surface area contributed by atoms with Gasteiger partial charge in [0, 0.05) is 6.54 Å². The van der Waals surface area contributed by atoms with E-state index in [1.54, 1.807) is 0 Å². The molecule has 0 N–H and O–H groups in total. The number of nitrogens with zero attached hydrogens (tertiary/aromatic N) is 1. The minimum Gasteiger partial charge on any atom is -0.308 e. The molecule has 4 rings (SSSR count). The molecule has 2 heteroatoms. The Balaban J connectivity index is 2.08. The molecule has 3 aromatic carbocycles. The second-order valence-corrected chi connectivity index (χ2v) is 6.87. The van der Waals surface area contributed by atoms with Crippen LogP contribution in [0.1, 0.15) is 13.3 Å². The van der Waals surface area contributed by atoms with Gasteiger partial charge in [-0.25, -0.2) is 0 Å². The van der Waals surface area contributed by atoms with Gasteiger partial charge in [0.15, 0.2) is 0 Å². The summed E-state index contributed by atoms with van der Waals surface area (Å²) in [7, 11) is 0. The first-order valence-corrected chi connectivity index (χ1v) is 9.73. The summed E-state index contributed by atoms with van der Waals surface area (Å²) in [4.78, 5) is 13.7. The van der Waals surface area contributed by atoms with Crippen molar-refractivity contribution < 1.29 is 0 Å². The molecular weight excluding hydrogens is 342 g/mol. The van der Waals surface area contributed by atoms with Crippen molar-refractivity contribution in [3.63, 3.8) is 0 Å². The summed E-state index contributed by atoms with van der Waals surface area (Å²) in [5, 5.41) is 0.